The number of allylic oxidation sites excluding steroid dienone is 2. The molecule has 0 bridgehead atoms. The number of hydrogen-bond donors (Lipinski definition) is 0. The van der Waals surface area contributed by atoms with E-state index < -0.39 is 15.8 Å². The topological polar surface area (TPSA) is 74.8 Å². The maximum atomic E-state index is 13.8. The summed E-state index contributed by atoms with van der Waals surface area (Å²) >= 11 is 0. The fourth-order valence-corrected chi connectivity index (χ4v) is 7.06. The van der Waals surface area contributed by atoms with Crippen molar-refractivity contribution >= 4 is 21.6 Å². The molecule has 6 nitrogen and oxygen atoms in total. The first-order valence-corrected chi connectivity index (χ1v) is 12.4. The summed E-state index contributed by atoms with van der Waals surface area (Å²) in [7, 11) is -4.09. The summed E-state index contributed by atoms with van der Waals surface area (Å²) in [6.45, 7) is 6.03. The third kappa shape index (κ3) is 3.73. The van der Waals surface area contributed by atoms with Crippen LogP contribution in [0.2, 0.25) is 0 Å². The molecule has 1 aliphatic carbocycles. The zero-order valence-electron chi connectivity index (χ0n) is 17.8. The van der Waals surface area contributed by atoms with Crippen molar-refractivity contribution in [1.82, 2.24) is 9.21 Å². The molecule has 0 saturated carbocycles. The number of hydrogen-bond acceptors (Lipinski definition) is 5. The Morgan fingerprint density at radius 3 is 1.93 bits per heavy atom. The minimum absolute atomic E-state index is 0.0893. The van der Waals surface area contributed by atoms with Gasteiger partial charge in [-0.3, -0.25) is 9.59 Å². The van der Waals surface area contributed by atoms with E-state index in [2.05, 4.69) is 0 Å². The van der Waals surface area contributed by atoms with Crippen LogP contribution in [0.15, 0.2) is 34.9 Å². The summed E-state index contributed by atoms with van der Waals surface area (Å²) in [6, 6.07) is 6.58. The number of likely N-dealkylation sites (tertiary alicyclic amines) is 1. The number of sulfonamides is 1. The maximum Gasteiger partial charge on any atom is 0.249 e. The van der Waals surface area contributed by atoms with Gasteiger partial charge in [-0.05, 0) is 31.1 Å². The lowest BCUT2D eigenvalue weighted by Gasteiger charge is -2.36. The normalized spacial score (nSPS) is 26.5. The SMILES string of the molecule is CC1CC(C)CN(S(=O)(=O)C2=C(N3CCCCCC3)C(=O)c3ccccc3C2=O)C1. The van der Waals surface area contributed by atoms with Crippen LogP contribution in [-0.2, 0) is 10.0 Å². The van der Waals surface area contributed by atoms with Gasteiger partial charge < -0.3 is 4.90 Å². The fraction of sp³-hybridized carbons (Fsp3) is 0.565. The predicted octanol–water partition coefficient (Wildman–Crippen LogP) is 3.46. The second kappa shape index (κ2) is 8.27. The van der Waals surface area contributed by atoms with Crippen LogP contribution in [0, 0.1) is 11.8 Å². The smallest absolute Gasteiger partial charge is 0.249 e. The average molecular weight is 431 g/mol. The number of fused-ring (bicyclic) bond motifs is 1. The van der Waals surface area contributed by atoms with E-state index in [0.29, 0.717) is 31.7 Å². The van der Waals surface area contributed by atoms with E-state index >= 15 is 0 Å². The van der Waals surface area contributed by atoms with E-state index in [1.54, 1.807) is 24.3 Å². The number of carbonyl (C=O) groups is 2. The van der Waals surface area contributed by atoms with Crippen LogP contribution in [0.4, 0.5) is 0 Å². The second-order valence-electron chi connectivity index (χ2n) is 9.05. The van der Waals surface area contributed by atoms with Gasteiger partial charge in [-0.1, -0.05) is 51.0 Å². The Kier molecular flexibility index (Phi) is 5.86. The van der Waals surface area contributed by atoms with Gasteiger partial charge in [-0.15, -0.1) is 0 Å². The Morgan fingerprint density at radius 1 is 0.833 bits per heavy atom. The number of nitrogens with zero attached hydrogens (tertiary/aromatic N) is 2. The van der Waals surface area contributed by atoms with E-state index in [1.807, 2.05) is 18.7 Å². The van der Waals surface area contributed by atoms with Crippen LogP contribution in [-0.4, -0.2) is 55.4 Å². The first-order valence-electron chi connectivity index (χ1n) is 11.0. The molecule has 2 saturated heterocycles. The van der Waals surface area contributed by atoms with E-state index in [1.165, 1.54) is 4.31 Å². The van der Waals surface area contributed by atoms with Crippen LogP contribution < -0.4 is 0 Å². The van der Waals surface area contributed by atoms with Crippen LogP contribution >= 0.6 is 0 Å². The number of rotatable bonds is 3. The molecule has 2 aliphatic heterocycles. The van der Waals surface area contributed by atoms with Crippen molar-refractivity contribution in [3.05, 3.63) is 46.0 Å². The van der Waals surface area contributed by atoms with Gasteiger partial charge in [-0.2, -0.15) is 4.31 Å². The van der Waals surface area contributed by atoms with Crippen molar-refractivity contribution in [2.24, 2.45) is 11.8 Å². The van der Waals surface area contributed by atoms with Crippen LogP contribution in [0.1, 0.15) is 66.7 Å². The van der Waals surface area contributed by atoms with Crippen LogP contribution in [0.25, 0.3) is 0 Å². The zero-order valence-corrected chi connectivity index (χ0v) is 18.6. The Hall–Kier alpha value is -1.99. The summed E-state index contributed by atoms with van der Waals surface area (Å²) in [4.78, 5) is 28.6. The molecule has 2 heterocycles. The van der Waals surface area contributed by atoms with Crippen LogP contribution in [0.3, 0.4) is 0 Å². The Morgan fingerprint density at radius 2 is 1.37 bits per heavy atom. The Labute approximate surface area is 179 Å². The Balaban J connectivity index is 1.87. The second-order valence-corrected chi connectivity index (χ2v) is 10.9. The molecule has 4 rings (SSSR count). The number of piperidine rings is 1. The van der Waals surface area contributed by atoms with Gasteiger partial charge in [0.15, 0.2) is 4.91 Å². The van der Waals surface area contributed by atoms with Gasteiger partial charge in [0.25, 0.3) is 0 Å². The molecule has 1 aromatic carbocycles. The number of carbonyl (C=O) groups excluding carboxylic acids is 2. The first kappa shape index (κ1) is 21.2. The van der Waals surface area contributed by atoms with Crippen molar-refractivity contribution in [1.29, 1.82) is 0 Å². The summed E-state index contributed by atoms with van der Waals surface area (Å²) in [5, 5.41) is 0. The van der Waals surface area contributed by atoms with Gasteiger partial charge in [0.2, 0.25) is 21.6 Å². The highest BCUT2D eigenvalue weighted by atomic mass is 32.2. The lowest BCUT2D eigenvalue weighted by molar-refractivity contribution is 0.0946. The molecule has 0 amide bonds. The van der Waals surface area contributed by atoms with Gasteiger partial charge in [0.05, 0.1) is 0 Å². The molecule has 30 heavy (non-hydrogen) atoms. The third-order valence-electron chi connectivity index (χ3n) is 6.41. The molecular formula is C23H30N2O4S. The minimum atomic E-state index is -4.09. The van der Waals surface area contributed by atoms with Crippen molar-refractivity contribution in [2.75, 3.05) is 26.2 Å². The van der Waals surface area contributed by atoms with Gasteiger partial charge in [-0.25, -0.2) is 8.42 Å². The summed E-state index contributed by atoms with van der Waals surface area (Å²) in [6.07, 6.45) is 4.83. The van der Waals surface area contributed by atoms with Crippen molar-refractivity contribution in [3.63, 3.8) is 0 Å². The van der Waals surface area contributed by atoms with Crippen molar-refractivity contribution in [2.45, 2.75) is 46.0 Å². The van der Waals surface area contributed by atoms with E-state index in [4.69, 9.17) is 0 Å². The van der Waals surface area contributed by atoms with Crippen LogP contribution in [0.5, 0.6) is 0 Å². The molecule has 0 spiro atoms. The number of Topliss-reactive ketones (excluding diaryl/α,β-unsaturated/α-hetero) is 2. The molecule has 0 radical (unpaired) electrons. The van der Waals surface area contributed by atoms with Gasteiger partial charge in [0, 0.05) is 37.3 Å². The van der Waals surface area contributed by atoms with Crippen molar-refractivity contribution in [3.8, 4) is 0 Å². The fourth-order valence-electron chi connectivity index (χ4n) is 5.09. The summed E-state index contributed by atoms with van der Waals surface area (Å²) in [5.41, 5.74) is 0.588. The maximum absolute atomic E-state index is 13.8. The molecule has 162 valence electrons. The largest absolute Gasteiger partial charge is 0.367 e. The van der Waals surface area contributed by atoms with Gasteiger partial charge in [0.1, 0.15) is 5.70 Å². The summed E-state index contributed by atoms with van der Waals surface area (Å²) in [5.74, 6) is -0.459. The van der Waals surface area contributed by atoms with E-state index in [9.17, 15) is 18.0 Å². The van der Waals surface area contributed by atoms with E-state index in [0.717, 1.165) is 32.1 Å². The zero-order chi connectivity index (χ0) is 21.5. The third-order valence-corrected chi connectivity index (χ3v) is 8.28. The highest BCUT2D eigenvalue weighted by Gasteiger charge is 2.44. The predicted molar refractivity (Wildman–Crippen MR) is 116 cm³/mol. The minimum Gasteiger partial charge on any atom is -0.367 e. The molecule has 3 aliphatic rings. The van der Waals surface area contributed by atoms with E-state index in [-0.39, 0.29) is 33.8 Å². The molecule has 2 unspecified atom stereocenters. The lowest BCUT2D eigenvalue weighted by Crippen LogP contribution is -2.46. The molecule has 2 atom stereocenters. The molecule has 2 fully saturated rings. The molecular weight excluding hydrogens is 400 g/mol. The standard InChI is InChI=1S/C23H30N2O4S/c1-16-13-17(2)15-25(14-16)30(28,29)23-20(24-11-7-3-4-8-12-24)21(26)18-9-5-6-10-19(18)22(23)27/h5-6,9-10,16-17H,3-4,7-8,11-15H2,1-2H3. The summed E-state index contributed by atoms with van der Waals surface area (Å²) < 4.78 is 29.0. The number of ketones is 2. The average Bonchev–Trinajstić information content (AvgIpc) is 2.99. The monoisotopic (exact) mass is 430 g/mol. The molecule has 7 heteroatoms. The number of benzene rings is 1. The lowest BCUT2D eigenvalue weighted by atomic mass is 9.91. The highest BCUT2D eigenvalue weighted by molar-refractivity contribution is 7.94. The molecule has 0 N–H and O–H groups in total. The van der Waals surface area contributed by atoms with Gasteiger partial charge >= 0.3 is 0 Å². The molecule has 0 aromatic heterocycles. The highest BCUT2D eigenvalue weighted by Crippen LogP contribution is 2.35. The first-order chi connectivity index (χ1) is 14.3. The van der Waals surface area contributed by atoms with Crippen molar-refractivity contribution < 1.29 is 18.0 Å². The Bertz CT molecular complexity index is 980. The quantitative estimate of drug-likeness (QED) is 0.734. The molecule has 1 aromatic rings.